The van der Waals surface area contributed by atoms with Gasteiger partial charge in [-0.1, -0.05) is 0 Å². The summed E-state index contributed by atoms with van der Waals surface area (Å²) in [5, 5.41) is 0. The van der Waals surface area contributed by atoms with Crippen LogP contribution in [-0.4, -0.2) is 11.3 Å². The molecule has 0 aliphatic heterocycles. The van der Waals surface area contributed by atoms with Crippen molar-refractivity contribution in [2.75, 3.05) is 0 Å². The average molecular weight is 215 g/mol. The molecule has 0 radical (unpaired) electrons. The van der Waals surface area contributed by atoms with Crippen molar-refractivity contribution in [2.45, 2.75) is 6.92 Å². The third-order valence-electron chi connectivity index (χ3n) is 2.37. The van der Waals surface area contributed by atoms with Crippen LogP contribution >= 0.6 is 0 Å². The van der Waals surface area contributed by atoms with Crippen LogP contribution in [0, 0.1) is 12.7 Å². The molecule has 0 atom stereocenters. The summed E-state index contributed by atoms with van der Waals surface area (Å²) in [6.07, 6.45) is 2.33. The van der Waals surface area contributed by atoms with Crippen LogP contribution in [0.5, 0.6) is 0 Å². The molecule has 0 spiro atoms. The fourth-order valence-corrected chi connectivity index (χ4v) is 1.48. The molecular weight excluding hydrogens is 205 g/mol. The van der Waals surface area contributed by atoms with Gasteiger partial charge in [0, 0.05) is 17.3 Å². The van der Waals surface area contributed by atoms with E-state index < -0.39 is 0 Å². The van der Waals surface area contributed by atoms with Gasteiger partial charge in [-0.05, 0) is 42.8 Å². The molecule has 0 aliphatic carbocycles. The van der Waals surface area contributed by atoms with Crippen molar-refractivity contribution in [3.8, 4) is 11.3 Å². The van der Waals surface area contributed by atoms with E-state index in [1.165, 1.54) is 6.07 Å². The maximum absolute atomic E-state index is 13.1. The molecule has 0 bridgehead atoms. The van der Waals surface area contributed by atoms with Crippen LogP contribution < -0.4 is 0 Å². The Balaban J connectivity index is 2.49. The van der Waals surface area contributed by atoms with Gasteiger partial charge in [-0.25, -0.2) is 4.39 Å². The van der Waals surface area contributed by atoms with Crippen LogP contribution in [0.3, 0.4) is 0 Å². The molecule has 0 fully saturated rings. The number of aldehydes is 1. The number of aromatic nitrogens is 1. The molecule has 16 heavy (non-hydrogen) atoms. The Kier molecular flexibility index (Phi) is 2.77. The zero-order valence-electron chi connectivity index (χ0n) is 8.77. The van der Waals surface area contributed by atoms with Gasteiger partial charge >= 0.3 is 0 Å². The quantitative estimate of drug-likeness (QED) is 0.721. The molecule has 2 rings (SSSR count). The lowest BCUT2D eigenvalue weighted by molar-refractivity contribution is 0.112. The van der Waals surface area contributed by atoms with E-state index in [4.69, 9.17) is 0 Å². The minimum atomic E-state index is -0.240. The Hall–Kier alpha value is -2.03. The summed E-state index contributed by atoms with van der Waals surface area (Å²) in [5.74, 6) is -0.240. The maximum atomic E-state index is 13.1. The molecule has 0 amide bonds. The first-order valence-corrected chi connectivity index (χ1v) is 4.88. The van der Waals surface area contributed by atoms with Crippen molar-refractivity contribution in [1.82, 2.24) is 4.98 Å². The lowest BCUT2D eigenvalue weighted by atomic mass is 10.1. The van der Waals surface area contributed by atoms with E-state index >= 15 is 0 Å². The van der Waals surface area contributed by atoms with Gasteiger partial charge in [0.1, 0.15) is 12.1 Å². The molecule has 1 aromatic heterocycles. The van der Waals surface area contributed by atoms with E-state index in [0.717, 1.165) is 11.8 Å². The number of hydrogen-bond acceptors (Lipinski definition) is 2. The predicted octanol–water partition coefficient (Wildman–Crippen LogP) is 3.01. The second kappa shape index (κ2) is 4.23. The minimum absolute atomic E-state index is 0.240. The molecule has 80 valence electrons. The standard InChI is InChI=1S/C13H10FNO/c1-9-6-11(2-3-12(9)14)13-7-10(8-16)4-5-15-13/h2-8H,1H3. The third-order valence-corrected chi connectivity index (χ3v) is 2.37. The zero-order valence-corrected chi connectivity index (χ0v) is 8.77. The zero-order chi connectivity index (χ0) is 11.5. The molecule has 0 unspecified atom stereocenters. The third kappa shape index (κ3) is 1.98. The van der Waals surface area contributed by atoms with Crippen LogP contribution in [-0.2, 0) is 0 Å². The van der Waals surface area contributed by atoms with E-state index in [1.807, 2.05) is 0 Å². The lowest BCUT2D eigenvalue weighted by Gasteiger charge is -2.03. The van der Waals surface area contributed by atoms with Crippen molar-refractivity contribution < 1.29 is 9.18 Å². The second-order valence-electron chi connectivity index (χ2n) is 3.56. The molecule has 2 aromatic rings. The number of carbonyl (C=O) groups is 1. The summed E-state index contributed by atoms with van der Waals surface area (Å²) >= 11 is 0. The summed E-state index contributed by atoms with van der Waals surface area (Å²) in [6.45, 7) is 1.70. The number of aryl methyl sites for hydroxylation is 1. The Labute approximate surface area is 92.8 Å². The first-order chi connectivity index (χ1) is 7.70. The molecule has 1 heterocycles. The topological polar surface area (TPSA) is 30.0 Å². The van der Waals surface area contributed by atoms with E-state index in [0.29, 0.717) is 16.8 Å². The average Bonchev–Trinajstić information content (AvgIpc) is 2.33. The Morgan fingerprint density at radius 2 is 2.06 bits per heavy atom. The van der Waals surface area contributed by atoms with Crippen LogP contribution in [0.4, 0.5) is 4.39 Å². The summed E-state index contributed by atoms with van der Waals surface area (Å²) in [6, 6.07) is 8.08. The summed E-state index contributed by atoms with van der Waals surface area (Å²) < 4.78 is 13.1. The summed E-state index contributed by atoms with van der Waals surface area (Å²) in [4.78, 5) is 14.8. The highest BCUT2D eigenvalue weighted by molar-refractivity contribution is 5.77. The van der Waals surface area contributed by atoms with Crippen LogP contribution in [0.2, 0.25) is 0 Å². The van der Waals surface area contributed by atoms with Gasteiger partial charge in [0.05, 0.1) is 5.69 Å². The Morgan fingerprint density at radius 1 is 1.25 bits per heavy atom. The van der Waals surface area contributed by atoms with Gasteiger partial charge in [-0.3, -0.25) is 9.78 Å². The van der Waals surface area contributed by atoms with Gasteiger partial charge in [0.15, 0.2) is 0 Å². The predicted molar refractivity (Wildman–Crippen MR) is 59.8 cm³/mol. The van der Waals surface area contributed by atoms with Gasteiger partial charge in [0.25, 0.3) is 0 Å². The molecule has 2 nitrogen and oxygen atoms in total. The van der Waals surface area contributed by atoms with E-state index in [1.54, 1.807) is 37.4 Å². The Morgan fingerprint density at radius 3 is 2.75 bits per heavy atom. The van der Waals surface area contributed by atoms with Gasteiger partial charge < -0.3 is 0 Å². The van der Waals surface area contributed by atoms with Crippen molar-refractivity contribution >= 4 is 6.29 Å². The molecule has 0 saturated heterocycles. The molecule has 3 heteroatoms. The molecule has 0 saturated carbocycles. The number of nitrogens with zero attached hydrogens (tertiary/aromatic N) is 1. The number of carbonyl (C=O) groups excluding carboxylic acids is 1. The van der Waals surface area contributed by atoms with E-state index in [-0.39, 0.29) is 5.82 Å². The first-order valence-electron chi connectivity index (χ1n) is 4.88. The number of pyridine rings is 1. The molecule has 0 N–H and O–H groups in total. The highest BCUT2D eigenvalue weighted by Crippen LogP contribution is 2.20. The molecule has 1 aromatic carbocycles. The smallest absolute Gasteiger partial charge is 0.150 e. The highest BCUT2D eigenvalue weighted by atomic mass is 19.1. The number of halogens is 1. The maximum Gasteiger partial charge on any atom is 0.150 e. The van der Waals surface area contributed by atoms with E-state index in [2.05, 4.69) is 4.98 Å². The van der Waals surface area contributed by atoms with Crippen molar-refractivity contribution in [1.29, 1.82) is 0 Å². The largest absolute Gasteiger partial charge is 0.298 e. The SMILES string of the molecule is Cc1cc(-c2cc(C=O)ccn2)ccc1F. The van der Waals surface area contributed by atoms with Crippen molar-refractivity contribution in [2.24, 2.45) is 0 Å². The van der Waals surface area contributed by atoms with Gasteiger partial charge in [0.2, 0.25) is 0 Å². The van der Waals surface area contributed by atoms with Crippen LogP contribution in [0.1, 0.15) is 15.9 Å². The van der Waals surface area contributed by atoms with E-state index in [9.17, 15) is 9.18 Å². The van der Waals surface area contributed by atoms with Crippen LogP contribution in [0.25, 0.3) is 11.3 Å². The van der Waals surface area contributed by atoms with Crippen molar-refractivity contribution in [3.63, 3.8) is 0 Å². The number of benzene rings is 1. The van der Waals surface area contributed by atoms with Gasteiger partial charge in [-0.2, -0.15) is 0 Å². The molecular formula is C13H10FNO. The minimum Gasteiger partial charge on any atom is -0.298 e. The number of hydrogen-bond donors (Lipinski definition) is 0. The monoisotopic (exact) mass is 215 g/mol. The fourth-order valence-electron chi connectivity index (χ4n) is 1.48. The van der Waals surface area contributed by atoms with Crippen molar-refractivity contribution in [3.05, 3.63) is 53.5 Å². The molecule has 0 aliphatic rings. The van der Waals surface area contributed by atoms with Crippen LogP contribution in [0.15, 0.2) is 36.5 Å². The second-order valence-corrected chi connectivity index (χ2v) is 3.56. The lowest BCUT2D eigenvalue weighted by Crippen LogP contribution is -1.89. The first kappa shape index (κ1) is 10.5. The highest BCUT2D eigenvalue weighted by Gasteiger charge is 2.03. The summed E-state index contributed by atoms with van der Waals surface area (Å²) in [7, 11) is 0. The normalized spacial score (nSPS) is 10.1. The number of rotatable bonds is 2. The van der Waals surface area contributed by atoms with Gasteiger partial charge in [-0.15, -0.1) is 0 Å². The summed E-state index contributed by atoms with van der Waals surface area (Å²) in [5.41, 5.74) is 2.61. The Bertz CT molecular complexity index is 537. The fraction of sp³-hybridized carbons (Fsp3) is 0.0769.